The molecule has 0 unspecified atom stereocenters. The minimum absolute atomic E-state index is 0.890. The molecule has 75 heavy (non-hydrogen) atoms. The summed E-state index contributed by atoms with van der Waals surface area (Å²) in [6.07, 6.45) is 0. The molecule has 3 heteroatoms. The molecule has 0 N–H and O–H groups in total. The van der Waals surface area contributed by atoms with Gasteiger partial charge < -0.3 is 13.9 Å². The van der Waals surface area contributed by atoms with Crippen molar-refractivity contribution < 1.29 is 4.42 Å². The number of rotatable bonds is 8. The van der Waals surface area contributed by atoms with Crippen molar-refractivity contribution in [2.45, 2.75) is 0 Å². The molecule has 0 saturated carbocycles. The third-order valence-electron chi connectivity index (χ3n) is 15.4. The van der Waals surface area contributed by atoms with Crippen LogP contribution in [-0.2, 0) is 0 Å². The van der Waals surface area contributed by atoms with Gasteiger partial charge in [-0.05, 0) is 156 Å². The Morgan fingerprint density at radius 3 is 1.48 bits per heavy atom. The fourth-order valence-corrected chi connectivity index (χ4v) is 11.8. The number of anilines is 3. The molecule has 0 atom stereocenters. The van der Waals surface area contributed by atoms with E-state index in [4.69, 9.17) is 4.42 Å². The van der Waals surface area contributed by atoms with Gasteiger partial charge in [-0.3, -0.25) is 0 Å². The molecule has 0 aliphatic heterocycles. The standard InChI is InChI=1S/C72H46N2O/c1-4-21-61-49(14-1)36-43-66-71-60(26-13-29-70(71)75-72(61)66)50-34-41-57(42-35-50)73(56-39-32-48(33-40-56)52-17-12-19-58(45-52)74-68-27-9-7-24-64(68)65-25-8-10-28-69(65)74)55-37-30-47(31-38-55)51-16-11-18-53(44-51)67-46-54-15-2-3-20-59(54)62-22-5-6-23-63(62)67/h1-46H. The second-order valence-corrected chi connectivity index (χ2v) is 19.6. The van der Waals surface area contributed by atoms with Gasteiger partial charge in [0.1, 0.15) is 11.2 Å². The maximum Gasteiger partial charge on any atom is 0.143 e. The molecule has 0 saturated heterocycles. The minimum atomic E-state index is 0.890. The molecule has 3 nitrogen and oxygen atoms in total. The molecule has 0 amide bonds. The lowest BCUT2D eigenvalue weighted by molar-refractivity contribution is 0.673. The highest BCUT2D eigenvalue weighted by Crippen LogP contribution is 2.43. The molecule has 0 bridgehead atoms. The molecule has 15 rings (SSSR count). The number of para-hydroxylation sites is 2. The fourth-order valence-electron chi connectivity index (χ4n) is 11.8. The Morgan fingerprint density at radius 2 is 0.800 bits per heavy atom. The smallest absolute Gasteiger partial charge is 0.143 e. The summed E-state index contributed by atoms with van der Waals surface area (Å²) < 4.78 is 8.99. The maximum atomic E-state index is 6.60. The second-order valence-electron chi connectivity index (χ2n) is 19.6. The Balaban J connectivity index is 0.812. The van der Waals surface area contributed by atoms with Crippen LogP contribution in [0.4, 0.5) is 17.1 Å². The van der Waals surface area contributed by atoms with Gasteiger partial charge in [-0.25, -0.2) is 0 Å². The molecule has 350 valence electrons. The second kappa shape index (κ2) is 17.4. The summed E-state index contributed by atoms with van der Waals surface area (Å²) in [4.78, 5) is 2.36. The van der Waals surface area contributed by atoms with E-state index in [9.17, 15) is 0 Å². The van der Waals surface area contributed by atoms with Crippen molar-refractivity contribution in [1.82, 2.24) is 4.57 Å². The Bertz CT molecular complexity index is 4640. The average Bonchev–Trinajstić information content (AvgIpc) is 4.08. The molecule has 0 radical (unpaired) electrons. The van der Waals surface area contributed by atoms with E-state index in [0.717, 1.165) is 77.9 Å². The third kappa shape index (κ3) is 7.12. The van der Waals surface area contributed by atoms with Crippen LogP contribution in [0.2, 0.25) is 0 Å². The van der Waals surface area contributed by atoms with Crippen LogP contribution in [0.15, 0.2) is 283 Å². The van der Waals surface area contributed by atoms with Gasteiger partial charge in [-0.15, -0.1) is 0 Å². The number of aromatic nitrogens is 1. The minimum Gasteiger partial charge on any atom is -0.455 e. The molecule has 2 heterocycles. The van der Waals surface area contributed by atoms with Crippen molar-refractivity contribution in [1.29, 1.82) is 0 Å². The first kappa shape index (κ1) is 42.7. The Morgan fingerprint density at radius 1 is 0.280 bits per heavy atom. The highest BCUT2D eigenvalue weighted by Gasteiger charge is 2.19. The van der Waals surface area contributed by atoms with E-state index in [1.54, 1.807) is 0 Å². The molecular formula is C72H46N2O. The topological polar surface area (TPSA) is 21.3 Å². The van der Waals surface area contributed by atoms with Crippen molar-refractivity contribution in [3.8, 4) is 50.2 Å². The van der Waals surface area contributed by atoms with E-state index in [-0.39, 0.29) is 0 Å². The van der Waals surface area contributed by atoms with Crippen LogP contribution < -0.4 is 4.90 Å². The van der Waals surface area contributed by atoms with Crippen LogP contribution in [0.25, 0.3) is 126 Å². The molecule has 15 aromatic rings. The van der Waals surface area contributed by atoms with Crippen LogP contribution in [-0.4, -0.2) is 4.57 Å². The number of hydrogen-bond acceptors (Lipinski definition) is 2. The van der Waals surface area contributed by atoms with Gasteiger partial charge >= 0.3 is 0 Å². The van der Waals surface area contributed by atoms with Gasteiger partial charge in [0.15, 0.2) is 0 Å². The van der Waals surface area contributed by atoms with E-state index in [2.05, 4.69) is 289 Å². The maximum absolute atomic E-state index is 6.60. The van der Waals surface area contributed by atoms with Gasteiger partial charge in [0, 0.05) is 49.7 Å². The van der Waals surface area contributed by atoms with Crippen molar-refractivity contribution in [3.63, 3.8) is 0 Å². The SMILES string of the molecule is c1cc(-c2ccc(N(c3ccc(-c4cccc(-n5c6ccccc6c6ccccc65)c4)cc3)c3ccc(-c4cccc5oc6c7ccccc7ccc6c45)cc3)cc2)cc(-c2cc3ccccc3c3ccccc23)c1. The Labute approximate surface area is 434 Å². The van der Waals surface area contributed by atoms with E-state index in [0.29, 0.717) is 0 Å². The lowest BCUT2D eigenvalue weighted by Crippen LogP contribution is -2.09. The summed E-state index contributed by atoms with van der Waals surface area (Å²) in [6, 6.07) is 101. The molecule has 13 aromatic carbocycles. The normalized spacial score (nSPS) is 11.7. The van der Waals surface area contributed by atoms with E-state index < -0.39 is 0 Å². The fraction of sp³-hybridized carbons (Fsp3) is 0. The van der Waals surface area contributed by atoms with Crippen molar-refractivity contribution in [2.24, 2.45) is 0 Å². The summed E-state index contributed by atoms with van der Waals surface area (Å²) in [5.74, 6) is 0. The van der Waals surface area contributed by atoms with Crippen LogP contribution in [0.5, 0.6) is 0 Å². The third-order valence-corrected chi connectivity index (χ3v) is 15.4. The van der Waals surface area contributed by atoms with Crippen molar-refractivity contribution >= 4 is 93.1 Å². The van der Waals surface area contributed by atoms with Gasteiger partial charge in [0.05, 0.1) is 11.0 Å². The van der Waals surface area contributed by atoms with E-state index in [1.165, 1.54) is 65.4 Å². The van der Waals surface area contributed by atoms with Crippen LogP contribution >= 0.6 is 0 Å². The number of benzene rings is 13. The first-order valence-corrected chi connectivity index (χ1v) is 25.7. The average molecular weight is 955 g/mol. The quantitative estimate of drug-likeness (QED) is 0.142. The zero-order valence-corrected chi connectivity index (χ0v) is 40.9. The van der Waals surface area contributed by atoms with Gasteiger partial charge in [-0.1, -0.05) is 194 Å². The highest BCUT2D eigenvalue weighted by atomic mass is 16.3. The summed E-state index contributed by atoms with van der Waals surface area (Å²) >= 11 is 0. The van der Waals surface area contributed by atoms with Crippen molar-refractivity contribution in [3.05, 3.63) is 279 Å². The lowest BCUT2D eigenvalue weighted by atomic mass is 9.92. The number of furan rings is 1. The number of fused-ring (bicyclic) bond motifs is 11. The Hall–Kier alpha value is -9.96. The summed E-state index contributed by atoms with van der Waals surface area (Å²) in [7, 11) is 0. The summed E-state index contributed by atoms with van der Waals surface area (Å²) in [5, 5.41) is 12.1. The molecule has 0 spiro atoms. The lowest BCUT2D eigenvalue weighted by Gasteiger charge is -2.26. The van der Waals surface area contributed by atoms with Gasteiger partial charge in [0.2, 0.25) is 0 Å². The van der Waals surface area contributed by atoms with E-state index >= 15 is 0 Å². The number of hydrogen-bond donors (Lipinski definition) is 0. The Kier molecular flexibility index (Phi) is 9.89. The largest absolute Gasteiger partial charge is 0.455 e. The summed E-state index contributed by atoms with van der Waals surface area (Å²) in [6.45, 7) is 0. The molecular weight excluding hydrogens is 909 g/mol. The van der Waals surface area contributed by atoms with Crippen LogP contribution in [0.1, 0.15) is 0 Å². The van der Waals surface area contributed by atoms with Gasteiger partial charge in [-0.2, -0.15) is 0 Å². The van der Waals surface area contributed by atoms with Crippen LogP contribution in [0.3, 0.4) is 0 Å². The monoisotopic (exact) mass is 954 g/mol. The predicted molar refractivity (Wildman–Crippen MR) is 317 cm³/mol. The van der Waals surface area contributed by atoms with Gasteiger partial charge in [0.25, 0.3) is 0 Å². The summed E-state index contributed by atoms with van der Waals surface area (Å²) in [5.41, 5.74) is 17.9. The first-order valence-electron chi connectivity index (χ1n) is 25.7. The zero-order chi connectivity index (χ0) is 49.4. The first-order chi connectivity index (χ1) is 37.2. The number of nitrogens with zero attached hydrogens (tertiary/aromatic N) is 2. The van der Waals surface area contributed by atoms with E-state index in [1.807, 2.05) is 0 Å². The highest BCUT2D eigenvalue weighted by molar-refractivity contribution is 6.19. The zero-order valence-electron chi connectivity index (χ0n) is 40.9. The molecule has 0 aliphatic carbocycles. The molecule has 2 aromatic heterocycles. The molecule has 0 aliphatic rings. The van der Waals surface area contributed by atoms with Crippen molar-refractivity contribution in [2.75, 3.05) is 4.90 Å². The molecule has 0 fully saturated rings. The van der Waals surface area contributed by atoms with Crippen LogP contribution in [0, 0.1) is 0 Å². The predicted octanol–water partition coefficient (Wildman–Crippen LogP) is 20.3.